The van der Waals surface area contributed by atoms with E-state index in [9.17, 15) is 13.2 Å². The van der Waals surface area contributed by atoms with Crippen LogP contribution in [-0.2, 0) is 19.5 Å². The summed E-state index contributed by atoms with van der Waals surface area (Å²) in [7, 11) is 0. The van der Waals surface area contributed by atoms with Gasteiger partial charge in [-0.05, 0) is 66.4 Å². The number of aryl methyl sites for hydroxylation is 1. The molecule has 4 aromatic rings. The first kappa shape index (κ1) is 22.2. The Balaban J connectivity index is 1.19. The molecule has 2 heterocycles. The lowest BCUT2D eigenvalue weighted by Gasteiger charge is -2.14. The lowest BCUT2D eigenvalue weighted by Crippen LogP contribution is -2.18. The molecule has 0 saturated heterocycles. The van der Waals surface area contributed by atoms with Gasteiger partial charge in [0.05, 0.1) is 5.69 Å². The highest BCUT2D eigenvalue weighted by Crippen LogP contribution is 2.25. The van der Waals surface area contributed by atoms with Crippen LogP contribution in [0, 0.1) is 0 Å². The van der Waals surface area contributed by atoms with Crippen molar-refractivity contribution in [3.63, 3.8) is 0 Å². The van der Waals surface area contributed by atoms with Crippen LogP contribution in [0.25, 0.3) is 17.1 Å². The van der Waals surface area contributed by atoms with Gasteiger partial charge in [0.25, 0.3) is 0 Å². The van der Waals surface area contributed by atoms with Crippen LogP contribution in [0.15, 0.2) is 79.1 Å². The Kier molecular flexibility index (Phi) is 6.06. The van der Waals surface area contributed by atoms with Gasteiger partial charge >= 0.3 is 6.36 Å². The van der Waals surface area contributed by atoms with Crippen LogP contribution < -0.4 is 4.74 Å². The molecule has 3 aromatic carbocycles. The Labute approximate surface area is 195 Å². The topological polar surface area (TPSA) is 43.2 Å². The predicted molar refractivity (Wildman–Crippen MR) is 122 cm³/mol. The molecule has 0 atom stereocenters. The molecule has 5 nitrogen and oxygen atoms in total. The summed E-state index contributed by atoms with van der Waals surface area (Å²) < 4.78 is 42.5. The molecular formula is C26H23F3N4O. The van der Waals surface area contributed by atoms with Crippen molar-refractivity contribution in [1.82, 2.24) is 19.7 Å². The third kappa shape index (κ3) is 5.28. The van der Waals surface area contributed by atoms with Crippen LogP contribution in [0.5, 0.6) is 5.75 Å². The maximum Gasteiger partial charge on any atom is 0.573 e. The van der Waals surface area contributed by atoms with E-state index in [-0.39, 0.29) is 5.75 Å². The van der Waals surface area contributed by atoms with Crippen molar-refractivity contribution >= 4 is 0 Å². The minimum absolute atomic E-state index is 0.276. The lowest BCUT2D eigenvalue weighted by molar-refractivity contribution is -0.274. The number of nitrogens with zero attached hydrogens (tertiary/aromatic N) is 4. The van der Waals surface area contributed by atoms with Gasteiger partial charge in [0, 0.05) is 18.7 Å². The van der Waals surface area contributed by atoms with E-state index in [1.54, 1.807) is 6.33 Å². The van der Waals surface area contributed by atoms with Crippen LogP contribution in [0.1, 0.15) is 23.1 Å². The molecule has 0 radical (unpaired) electrons. The maximum absolute atomic E-state index is 12.3. The highest BCUT2D eigenvalue weighted by Gasteiger charge is 2.31. The van der Waals surface area contributed by atoms with Gasteiger partial charge in [-0.2, -0.15) is 0 Å². The van der Waals surface area contributed by atoms with Gasteiger partial charge in [0.2, 0.25) is 0 Å². The van der Waals surface area contributed by atoms with E-state index in [1.807, 2.05) is 12.1 Å². The molecule has 0 unspecified atom stereocenters. The molecule has 0 spiro atoms. The van der Waals surface area contributed by atoms with Gasteiger partial charge < -0.3 is 4.74 Å². The first-order valence-electron chi connectivity index (χ1n) is 11.1. The molecule has 1 aliphatic rings. The third-order valence-corrected chi connectivity index (χ3v) is 5.86. The fraction of sp³-hybridized carbons (Fsp3) is 0.231. The number of hydrogen-bond acceptors (Lipinski definition) is 4. The molecule has 174 valence electrons. The second-order valence-electron chi connectivity index (χ2n) is 8.34. The third-order valence-electron chi connectivity index (χ3n) is 5.86. The van der Waals surface area contributed by atoms with Crippen LogP contribution in [0.4, 0.5) is 13.2 Å². The Morgan fingerprint density at radius 2 is 1.62 bits per heavy atom. The van der Waals surface area contributed by atoms with Gasteiger partial charge in [-0.25, -0.2) is 9.67 Å². The summed E-state index contributed by atoms with van der Waals surface area (Å²) in [4.78, 5) is 6.86. The molecule has 8 heteroatoms. The van der Waals surface area contributed by atoms with E-state index in [2.05, 4.69) is 56.1 Å². The normalized spacial score (nSPS) is 13.7. The van der Waals surface area contributed by atoms with E-state index in [4.69, 9.17) is 0 Å². The van der Waals surface area contributed by atoms with Crippen LogP contribution in [0.2, 0.25) is 0 Å². The highest BCUT2D eigenvalue weighted by molar-refractivity contribution is 5.56. The predicted octanol–water partition coefficient (Wildman–Crippen LogP) is 5.78. The van der Waals surface area contributed by atoms with Crippen molar-refractivity contribution in [3.8, 4) is 22.8 Å². The summed E-state index contributed by atoms with van der Waals surface area (Å²) >= 11 is 0. The Morgan fingerprint density at radius 1 is 0.882 bits per heavy atom. The summed E-state index contributed by atoms with van der Waals surface area (Å²) in [5.41, 5.74) is 5.57. The fourth-order valence-electron chi connectivity index (χ4n) is 4.25. The van der Waals surface area contributed by atoms with Gasteiger partial charge in [-0.3, -0.25) is 4.90 Å². The number of hydrogen-bond donors (Lipinski definition) is 0. The standard InChI is InChI=1S/C26H23F3N4O/c27-26(28,29)34-24-12-10-23(11-13-24)33-18-30-25(31-33)20-9-3-5-19(15-20)6-4-14-32-16-21-7-1-2-8-22(21)17-32/h1-3,5,7-13,15,18H,4,6,14,16-17H2. The average molecular weight is 464 g/mol. The van der Waals surface area contributed by atoms with Crippen molar-refractivity contribution < 1.29 is 17.9 Å². The van der Waals surface area contributed by atoms with Gasteiger partial charge in [0.1, 0.15) is 12.1 Å². The monoisotopic (exact) mass is 464 g/mol. The number of rotatable bonds is 7. The van der Waals surface area contributed by atoms with E-state index < -0.39 is 6.36 Å². The molecule has 1 aromatic heterocycles. The van der Waals surface area contributed by atoms with Gasteiger partial charge in [-0.15, -0.1) is 18.3 Å². The fourth-order valence-corrected chi connectivity index (χ4v) is 4.25. The summed E-state index contributed by atoms with van der Waals surface area (Å²) in [5.74, 6) is 0.287. The van der Waals surface area contributed by atoms with Crippen molar-refractivity contribution in [2.24, 2.45) is 0 Å². The second-order valence-corrected chi connectivity index (χ2v) is 8.34. The van der Waals surface area contributed by atoms with Crippen LogP contribution in [0.3, 0.4) is 0 Å². The zero-order valence-electron chi connectivity index (χ0n) is 18.4. The number of halogens is 3. The number of fused-ring (bicyclic) bond motifs is 1. The molecule has 0 amide bonds. The molecule has 5 rings (SSSR count). The molecule has 34 heavy (non-hydrogen) atoms. The van der Waals surface area contributed by atoms with Gasteiger partial charge in [0.15, 0.2) is 5.82 Å². The van der Waals surface area contributed by atoms with E-state index in [0.29, 0.717) is 11.5 Å². The van der Waals surface area contributed by atoms with Gasteiger partial charge in [-0.1, -0.05) is 42.5 Å². The van der Waals surface area contributed by atoms with E-state index in [0.717, 1.165) is 38.0 Å². The van der Waals surface area contributed by atoms with Crippen LogP contribution >= 0.6 is 0 Å². The zero-order valence-corrected chi connectivity index (χ0v) is 18.4. The largest absolute Gasteiger partial charge is 0.573 e. The quantitative estimate of drug-likeness (QED) is 0.348. The Morgan fingerprint density at radius 3 is 2.32 bits per heavy atom. The highest BCUT2D eigenvalue weighted by atomic mass is 19.4. The number of aromatic nitrogens is 3. The minimum Gasteiger partial charge on any atom is -0.406 e. The molecule has 0 saturated carbocycles. The molecule has 0 N–H and O–H groups in total. The molecule has 0 aliphatic carbocycles. The van der Waals surface area contributed by atoms with Crippen LogP contribution in [-0.4, -0.2) is 32.6 Å². The second kappa shape index (κ2) is 9.30. The van der Waals surface area contributed by atoms with Crippen molar-refractivity contribution in [2.75, 3.05) is 6.54 Å². The first-order valence-corrected chi connectivity index (χ1v) is 11.1. The average Bonchev–Trinajstić information content (AvgIpc) is 3.46. The van der Waals surface area contributed by atoms with Crippen molar-refractivity contribution in [2.45, 2.75) is 32.3 Å². The minimum atomic E-state index is -4.72. The summed E-state index contributed by atoms with van der Waals surface area (Å²) in [5, 5.41) is 4.50. The van der Waals surface area contributed by atoms with Crippen molar-refractivity contribution in [1.29, 1.82) is 0 Å². The molecule has 0 bridgehead atoms. The molecule has 0 fully saturated rings. The number of ether oxygens (including phenoxy) is 1. The molecule has 1 aliphatic heterocycles. The number of alkyl halides is 3. The number of benzene rings is 3. The Hall–Kier alpha value is -3.65. The summed E-state index contributed by atoms with van der Waals surface area (Å²) in [6, 6.07) is 22.3. The smallest absolute Gasteiger partial charge is 0.406 e. The summed E-state index contributed by atoms with van der Waals surface area (Å²) in [6.45, 7) is 3.07. The molecular weight excluding hydrogens is 441 g/mol. The van der Waals surface area contributed by atoms with E-state index >= 15 is 0 Å². The Bertz CT molecular complexity index is 1240. The first-order chi connectivity index (χ1) is 16.4. The maximum atomic E-state index is 12.3. The summed E-state index contributed by atoms with van der Waals surface area (Å²) in [6.07, 6.45) is -1.15. The SMILES string of the molecule is FC(F)(F)Oc1ccc(-n2cnc(-c3cccc(CCCN4Cc5ccccc5C4)c3)n2)cc1. The van der Waals surface area contributed by atoms with E-state index in [1.165, 1.54) is 45.6 Å². The lowest BCUT2D eigenvalue weighted by atomic mass is 10.1. The zero-order chi connectivity index (χ0) is 23.5. The van der Waals surface area contributed by atoms with Crippen molar-refractivity contribution in [3.05, 3.63) is 95.8 Å².